The van der Waals surface area contributed by atoms with Gasteiger partial charge in [-0.15, -0.1) is 0 Å². The van der Waals surface area contributed by atoms with Crippen LogP contribution in [0.25, 0.3) is 0 Å². The van der Waals surface area contributed by atoms with Crippen LogP contribution in [-0.4, -0.2) is 36.4 Å². The summed E-state index contributed by atoms with van der Waals surface area (Å²) in [5, 5.41) is 9.28. The summed E-state index contributed by atoms with van der Waals surface area (Å²) in [6.07, 6.45) is 3.17. The minimum Gasteiger partial charge on any atom is -0.490 e. The molecule has 1 N–H and O–H groups in total. The highest BCUT2D eigenvalue weighted by Crippen LogP contribution is 2.24. The van der Waals surface area contributed by atoms with E-state index in [1.807, 2.05) is 24.1 Å². The SMILES string of the molecule is CCCOc1cccnc1N(C)CCC(C)O. The number of rotatable bonds is 7. The monoisotopic (exact) mass is 238 g/mol. The van der Waals surface area contributed by atoms with Crippen molar-refractivity contribution < 1.29 is 9.84 Å². The molecule has 1 aromatic rings. The van der Waals surface area contributed by atoms with Crippen LogP contribution in [0.3, 0.4) is 0 Å². The average molecular weight is 238 g/mol. The molecular weight excluding hydrogens is 216 g/mol. The van der Waals surface area contributed by atoms with Gasteiger partial charge >= 0.3 is 0 Å². The molecule has 4 heteroatoms. The fourth-order valence-electron chi connectivity index (χ4n) is 1.48. The van der Waals surface area contributed by atoms with E-state index >= 15 is 0 Å². The van der Waals surface area contributed by atoms with Crippen molar-refractivity contribution in [3.63, 3.8) is 0 Å². The van der Waals surface area contributed by atoms with E-state index in [0.29, 0.717) is 6.61 Å². The van der Waals surface area contributed by atoms with Gasteiger partial charge < -0.3 is 14.7 Å². The average Bonchev–Trinajstić information content (AvgIpc) is 2.33. The molecule has 0 bridgehead atoms. The Morgan fingerprint density at radius 1 is 1.53 bits per heavy atom. The zero-order chi connectivity index (χ0) is 12.7. The Hall–Kier alpha value is -1.29. The van der Waals surface area contributed by atoms with Crippen LogP contribution in [0.15, 0.2) is 18.3 Å². The Balaban J connectivity index is 2.67. The standard InChI is InChI=1S/C13H22N2O2/c1-4-10-17-12-6-5-8-14-13(12)15(3)9-7-11(2)16/h5-6,8,11,16H,4,7,9-10H2,1-3H3. The molecule has 1 aromatic heterocycles. The summed E-state index contributed by atoms with van der Waals surface area (Å²) in [5.74, 6) is 1.64. The maximum Gasteiger partial charge on any atom is 0.171 e. The van der Waals surface area contributed by atoms with Crippen LogP contribution < -0.4 is 9.64 Å². The first-order valence-corrected chi connectivity index (χ1v) is 6.12. The summed E-state index contributed by atoms with van der Waals surface area (Å²) in [4.78, 5) is 6.34. The van der Waals surface area contributed by atoms with E-state index in [4.69, 9.17) is 4.74 Å². The van der Waals surface area contributed by atoms with Crippen molar-refractivity contribution in [3.8, 4) is 5.75 Å². The molecule has 1 heterocycles. The molecule has 0 aromatic carbocycles. The number of nitrogens with zero attached hydrogens (tertiary/aromatic N) is 2. The summed E-state index contributed by atoms with van der Waals surface area (Å²) in [7, 11) is 1.96. The molecule has 17 heavy (non-hydrogen) atoms. The smallest absolute Gasteiger partial charge is 0.171 e. The quantitative estimate of drug-likeness (QED) is 0.790. The molecule has 1 atom stereocenters. The van der Waals surface area contributed by atoms with Crippen LogP contribution in [0.2, 0.25) is 0 Å². The van der Waals surface area contributed by atoms with Crippen molar-refractivity contribution in [2.45, 2.75) is 32.8 Å². The summed E-state index contributed by atoms with van der Waals surface area (Å²) in [6.45, 7) is 5.33. The Labute approximate surface area is 103 Å². The third kappa shape index (κ3) is 4.61. The first kappa shape index (κ1) is 13.8. The maximum absolute atomic E-state index is 9.28. The Bertz CT molecular complexity index is 329. The fraction of sp³-hybridized carbons (Fsp3) is 0.615. The number of anilines is 1. The first-order chi connectivity index (χ1) is 8.15. The van der Waals surface area contributed by atoms with Gasteiger partial charge in [-0.3, -0.25) is 0 Å². The van der Waals surface area contributed by atoms with E-state index in [1.54, 1.807) is 13.1 Å². The van der Waals surface area contributed by atoms with Crippen molar-refractivity contribution in [1.29, 1.82) is 0 Å². The van der Waals surface area contributed by atoms with E-state index in [2.05, 4.69) is 11.9 Å². The third-order valence-electron chi connectivity index (χ3n) is 2.46. The molecule has 0 radical (unpaired) electrons. The summed E-state index contributed by atoms with van der Waals surface area (Å²) < 4.78 is 5.65. The van der Waals surface area contributed by atoms with Gasteiger partial charge in [-0.05, 0) is 31.9 Å². The Kier molecular flexibility index (Phi) is 5.77. The predicted molar refractivity (Wildman–Crippen MR) is 69.6 cm³/mol. The number of aromatic nitrogens is 1. The summed E-state index contributed by atoms with van der Waals surface area (Å²) in [5.41, 5.74) is 0. The number of aliphatic hydroxyl groups excluding tert-OH is 1. The third-order valence-corrected chi connectivity index (χ3v) is 2.46. The second kappa shape index (κ2) is 7.12. The highest BCUT2D eigenvalue weighted by molar-refractivity contribution is 5.51. The molecule has 0 fully saturated rings. The second-order valence-electron chi connectivity index (χ2n) is 4.23. The molecule has 0 spiro atoms. The highest BCUT2D eigenvalue weighted by atomic mass is 16.5. The lowest BCUT2D eigenvalue weighted by molar-refractivity contribution is 0.186. The van der Waals surface area contributed by atoms with E-state index in [9.17, 15) is 5.11 Å². The second-order valence-corrected chi connectivity index (χ2v) is 4.23. The van der Waals surface area contributed by atoms with Crippen LogP contribution in [-0.2, 0) is 0 Å². The maximum atomic E-state index is 9.28. The van der Waals surface area contributed by atoms with Crippen molar-refractivity contribution in [2.24, 2.45) is 0 Å². The summed E-state index contributed by atoms with van der Waals surface area (Å²) in [6, 6.07) is 3.80. The van der Waals surface area contributed by atoms with Gasteiger partial charge in [-0.1, -0.05) is 6.92 Å². The van der Waals surface area contributed by atoms with Crippen molar-refractivity contribution >= 4 is 5.82 Å². The predicted octanol–water partition coefficient (Wildman–Crippen LogP) is 2.08. The lowest BCUT2D eigenvalue weighted by atomic mass is 10.2. The lowest BCUT2D eigenvalue weighted by Crippen LogP contribution is -2.23. The van der Waals surface area contributed by atoms with Gasteiger partial charge in [-0.25, -0.2) is 4.98 Å². The van der Waals surface area contributed by atoms with Gasteiger partial charge in [0.1, 0.15) is 0 Å². The Morgan fingerprint density at radius 2 is 2.29 bits per heavy atom. The normalized spacial score (nSPS) is 12.2. The van der Waals surface area contributed by atoms with Gasteiger partial charge in [0, 0.05) is 19.8 Å². The zero-order valence-electron chi connectivity index (χ0n) is 10.9. The molecule has 0 amide bonds. The van der Waals surface area contributed by atoms with E-state index < -0.39 is 0 Å². The molecule has 0 saturated heterocycles. The molecule has 1 rings (SSSR count). The minimum absolute atomic E-state index is 0.291. The van der Waals surface area contributed by atoms with E-state index in [0.717, 1.165) is 31.0 Å². The largest absolute Gasteiger partial charge is 0.490 e. The molecule has 0 aliphatic rings. The van der Waals surface area contributed by atoms with Gasteiger partial charge in [0.25, 0.3) is 0 Å². The molecule has 4 nitrogen and oxygen atoms in total. The van der Waals surface area contributed by atoms with Gasteiger partial charge in [0.05, 0.1) is 12.7 Å². The molecular formula is C13H22N2O2. The number of hydrogen-bond donors (Lipinski definition) is 1. The zero-order valence-corrected chi connectivity index (χ0v) is 10.9. The first-order valence-electron chi connectivity index (χ1n) is 6.12. The van der Waals surface area contributed by atoms with E-state index in [-0.39, 0.29) is 6.10 Å². The van der Waals surface area contributed by atoms with Crippen molar-refractivity contribution in [1.82, 2.24) is 4.98 Å². The van der Waals surface area contributed by atoms with Crippen molar-refractivity contribution in [3.05, 3.63) is 18.3 Å². The van der Waals surface area contributed by atoms with E-state index in [1.165, 1.54) is 0 Å². The van der Waals surface area contributed by atoms with Gasteiger partial charge in [-0.2, -0.15) is 0 Å². The van der Waals surface area contributed by atoms with Crippen LogP contribution >= 0.6 is 0 Å². The van der Waals surface area contributed by atoms with Crippen LogP contribution in [0.4, 0.5) is 5.82 Å². The minimum atomic E-state index is -0.291. The number of ether oxygens (including phenoxy) is 1. The van der Waals surface area contributed by atoms with Crippen LogP contribution in [0.1, 0.15) is 26.7 Å². The lowest BCUT2D eigenvalue weighted by Gasteiger charge is -2.21. The van der Waals surface area contributed by atoms with Crippen molar-refractivity contribution in [2.75, 3.05) is 25.1 Å². The molecule has 0 aliphatic heterocycles. The highest BCUT2D eigenvalue weighted by Gasteiger charge is 2.10. The molecule has 0 aliphatic carbocycles. The number of pyridine rings is 1. The molecule has 1 unspecified atom stereocenters. The Morgan fingerprint density at radius 3 is 2.94 bits per heavy atom. The van der Waals surface area contributed by atoms with Crippen LogP contribution in [0, 0.1) is 0 Å². The number of aliphatic hydroxyl groups is 1. The fourth-order valence-corrected chi connectivity index (χ4v) is 1.48. The van der Waals surface area contributed by atoms with Crippen LogP contribution in [0.5, 0.6) is 5.75 Å². The molecule has 96 valence electrons. The topological polar surface area (TPSA) is 45.6 Å². The van der Waals surface area contributed by atoms with Gasteiger partial charge in [0.15, 0.2) is 11.6 Å². The summed E-state index contributed by atoms with van der Waals surface area (Å²) >= 11 is 0. The number of hydrogen-bond acceptors (Lipinski definition) is 4. The molecule has 0 saturated carbocycles. The van der Waals surface area contributed by atoms with Gasteiger partial charge in [0.2, 0.25) is 0 Å².